The fourth-order valence-electron chi connectivity index (χ4n) is 2.74. The fraction of sp³-hybridized carbons (Fsp3) is 0.167. The lowest BCUT2D eigenvalue weighted by molar-refractivity contribution is -0.211. The van der Waals surface area contributed by atoms with Crippen molar-refractivity contribution < 1.29 is 29.7 Å². The van der Waals surface area contributed by atoms with Crippen molar-refractivity contribution in [3.05, 3.63) is 59.4 Å². The molecule has 0 aliphatic carbocycles. The van der Waals surface area contributed by atoms with Crippen molar-refractivity contribution in [2.24, 2.45) is 5.73 Å². The van der Waals surface area contributed by atoms with Gasteiger partial charge in [0, 0.05) is 25.6 Å². The van der Waals surface area contributed by atoms with Crippen molar-refractivity contribution in [3.8, 4) is 17.2 Å². The number of aliphatic hydroxyl groups is 1. The van der Waals surface area contributed by atoms with Gasteiger partial charge in [-0.15, -0.1) is 0 Å². The van der Waals surface area contributed by atoms with E-state index in [1.165, 1.54) is 19.3 Å². The molecular formula is C18H18N2O6. The molecule has 0 bridgehead atoms. The summed E-state index contributed by atoms with van der Waals surface area (Å²) in [6.07, 6.45) is 1.22. The summed E-state index contributed by atoms with van der Waals surface area (Å²) in [6, 6.07) is 9.21. The van der Waals surface area contributed by atoms with Gasteiger partial charge in [0.25, 0.3) is 5.79 Å². The third kappa shape index (κ3) is 3.08. The number of fused-ring (bicyclic) bond motifs is 1. The number of hydrogen-bond acceptors (Lipinski definition) is 7. The molecule has 1 atom stereocenters. The van der Waals surface area contributed by atoms with Gasteiger partial charge in [-0.05, 0) is 17.2 Å². The van der Waals surface area contributed by atoms with E-state index in [0.29, 0.717) is 5.56 Å². The summed E-state index contributed by atoms with van der Waals surface area (Å²) in [4.78, 5) is 16.6. The van der Waals surface area contributed by atoms with Crippen LogP contribution in [0.2, 0.25) is 0 Å². The molecular weight excluding hydrogens is 340 g/mol. The summed E-state index contributed by atoms with van der Waals surface area (Å²) in [5.41, 5.74) is 9.04. The second kappa shape index (κ2) is 6.68. The summed E-state index contributed by atoms with van der Waals surface area (Å²) < 4.78 is 5.46. The molecule has 0 spiro atoms. The molecule has 6 N–H and O–H groups in total. The van der Waals surface area contributed by atoms with Crippen molar-refractivity contribution in [1.82, 2.24) is 5.48 Å². The van der Waals surface area contributed by atoms with Crippen molar-refractivity contribution in [2.75, 3.05) is 0 Å². The zero-order valence-corrected chi connectivity index (χ0v) is 13.9. The van der Waals surface area contributed by atoms with Crippen LogP contribution in [0.25, 0.3) is 5.57 Å². The van der Waals surface area contributed by atoms with Crippen LogP contribution >= 0.6 is 0 Å². The molecule has 26 heavy (non-hydrogen) atoms. The van der Waals surface area contributed by atoms with E-state index in [2.05, 4.69) is 5.48 Å². The summed E-state index contributed by atoms with van der Waals surface area (Å²) in [5.74, 6) is -3.56. The molecule has 2 aromatic carbocycles. The minimum atomic E-state index is -2.26. The van der Waals surface area contributed by atoms with Crippen LogP contribution in [-0.2, 0) is 22.0 Å². The zero-order valence-electron chi connectivity index (χ0n) is 13.9. The minimum absolute atomic E-state index is 0.0194. The summed E-state index contributed by atoms with van der Waals surface area (Å²) in [6.45, 7) is 1.49. The normalized spacial score (nSPS) is 18.5. The first-order chi connectivity index (χ1) is 12.3. The van der Waals surface area contributed by atoms with Gasteiger partial charge in [0.15, 0.2) is 0 Å². The highest BCUT2D eigenvalue weighted by molar-refractivity contribution is 5.78. The van der Waals surface area contributed by atoms with Gasteiger partial charge in [-0.3, -0.25) is 4.79 Å². The topological polar surface area (TPSA) is 134 Å². The highest BCUT2D eigenvalue weighted by atomic mass is 16.7. The monoisotopic (exact) mass is 358 g/mol. The van der Waals surface area contributed by atoms with Gasteiger partial charge in [-0.2, -0.15) is 0 Å². The lowest BCUT2D eigenvalue weighted by Crippen LogP contribution is -2.40. The van der Waals surface area contributed by atoms with E-state index in [1.807, 2.05) is 6.07 Å². The average Bonchev–Trinajstić information content (AvgIpc) is 2.59. The Kier molecular flexibility index (Phi) is 4.56. The third-order valence-corrected chi connectivity index (χ3v) is 3.89. The molecule has 1 heterocycles. The minimum Gasteiger partial charge on any atom is -0.508 e. The first-order valence-electron chi connectivity index (χ1n) is 7.75. The summed E-state index contributed by atoms with van der Waals surface area (Å²) >= 11 is 0. The van der Waals surface area contributed by atoms with Crippen LogP contribution in [0, 0.1) is 0 Å². The van der Waals surface area contributed by atoms with Crippen LogP contribution in [0.15, 0.2) is 42.7 Å². The standard InChI is InChI=1S/C18H18N2O6/c1-10(21)20-26-18(24)14(12-4-2-3-11(5-12)8-19)9-25-16-7-13(22)6-15(23)17(16)18/h2-7,9,22-24H,8,19H2,1H3,(H,20,21). The van der Waals surface area contributed by atoms with Crippen LogP contribution < -0.4 is 16.0 Å². The van der Waals surface area contributed by atoms with Gasteiger partial charge in [0.05, 0.1) is 5.57 Å². The van der Waals surface area contributed by atoms with Crippen LogP contribution in [0.5, 0.6) is 17.2 Å². The van der Waals surface area contributed by atoms with Crippen LogP contribution in [0.3, 0.4) is 0 Å². The van der Waals surface area contributed by atoms with E-state index in [1.54, 1.807) is 18.2 Å². The highest BCUT2D eigenvalue weighted by Crippen LogP contribution is 2.49. The molecule has 0 aromatic heterocycles. The fourth-order valence-corrected chi connectivity index (χ4v) is 2.74. The molecule has 1 aliphatic heterocycles. The molecule has 1 amide bonds. The average molecular weight is 358 g/mol. The van der Waals surface area contributed by atoms with Gasteiger partial charge in [0.1, 0.15) is 29.1 Å². The molecule has 1 aliphatic rings. The number of benzene rings is 2. The molecule has 8 nitrogen and oxygen atoms in total. The maximum Gasteiger partial charge on any atom is 0.254 e. The van der Waals surface area contributed by atoms with Crippen molar-refractivity contribution in [2.45, 2.75) is 19.3 Å². The number of hydroxylamine groups is 1. The number of phenols is 2. The van der Waals surface area contributed by atoms with Gasteiger partial charge in [-0.25, -0.2) is 10.3 Å². The Bertz CT molecular complexity index is 895. The Hall–Kier alpha value is -3.07. The highest BCUT2D eigenvalue weighted by Gasteiger charge is 2.45. The van der Waals surface area contributed by atoms with Gasteiger partial charge in [-0.1, -0.05) is 18.2 Å². The predicted molar refractivity (Wildman–Crippen MR) is 91.5 cm³/mol. The molecule has 2 aromatic rings. The maximum atomic E-state index is 11.3. The number of rotatable bonds is 4. The number of nitrogens with two attached hydrogens (primary N) is 1. The van der Waals surface area contributed by atoms with E-state index in [-0.39, 0.29) is 29.2 Å². The Labute approximate surface area is 149 Å². The van der Waals surface area contributed by atoms with E-state index in [0.717, 1.165) is 11.6 Å². The molecule has 0 saturated carbocycles. The first kappa shape index (κ1) is 17.7. The molecule has 0 saturated heterocycles. The van der Waals surface area contributed by atoms with Gasteiger partial charge >= 0.3 is 0 Å². The van der Waals surface area contributed by atoms with E-state index < -0.39 is 17.4 Å². The van der Waals surface area contributed by atoms with Gasteiger partial charge < -0.3 is 25.8 Å². The molecule has 136 valence electrons. The van der Waals surface area contributed by atoms with E-state index >= 15 is 0 Å². The van der Waals surface area contributed by atoms with E-state index in [4.69, 9.17) is 15.3 Å². The lowest BCUT2D eigenvalue weighted by Gasteiger charge is -2.34. The number of hydrogen-bond donors (Lipinski definition) is 5. The van der Waals surface area contributed by atoms with Crippen LogP contribution in [0.1, 0.15) is 23.6 Å². The SMILES string of the molecule is CC(=O)NOC1(O)C(c2cccc(CN)c2)=COc2cc(O)cc(O)c21. The Morgan fingerprint density at radius 3 is 2.77 bits per heavy atom. The second-order valence-corrected chi connectivity index (χ2v) is 5.80. The smallest absolute Gasteiger partial charge is 0.254 e. The van der Waals surface area contributed by atoms with Crippen LogP contribution in [-0.4, -0.2) is 21.2 Å². The largest absolute Gasteiger partial charge is 0.508 e. The third-order valence-electron chi connectivity index (χ3n) is 3.89. The summed E-state index contributed by atoms with van der Waals surface area (Å²) in [5, 5.41) is 31.2. The Balaban J connectivity index is 2.17. The number of carbonyl (C=O) groups is 1. The number of aromatic hydroxyl groups is 2. The maximum absolute atomic E-state index is 11.3. The molecule has 1 unspecified atom stereocenters. The molecule has 0 fully saturated rings. The Morgan fingerprint density at radius 1 is 1.31 bits per heavy atom. The number of phenolic OH excluding ortho intramolecular Hbond substituents is 2. The predicted octanol–water partition coefficient (Wildman–Crippen LogP) is 1.20. The van der Waals surface area contributed by atoms with E-state index in [9.17, 15) is 20.1 Å². The van der Waals surface area contributed by atoms with Gasteiger partial charge in [0.2, 0.25) is 5.91 Å². The number of ether oxygens (including phenoxy) is 1. The quantitative estimate of drug-likeness (QED) is 0.409. The number of nitrogens with one attached hydrogen (secondary N) is 1. The van der Waals surface area contributed by atoms with Crippen molar-refractivity contribution in [3.63, 3.8) is 0 Å². The van der Waals surface area contributed by atoms with Crippen LogP contribution in [0.4, 0.5) is 0 Å². The summed E-state index contributed by atoms with van der Waals surface area (Å²) in [7, 11) is 0. The van der Waals surface area contributed by atoms with Crippen molar-refractivity contribution in [1.29, 1.82) is 0 Å². The van der Waals surface area contributed by atoms with Crippen molar-refractivity contribution >= 4 is 11.5 Å². The first-order valence-corrected chi connectivity index (χ1v) is 7.75. The second-order valence-electron chi connectivity index (χ2n) is 5.80. The molecule has 0 radical (unpaired) electrons. The lowest BCUT2D eigenvalue weighted by atomic mass is 9.89. The Morgan fingerprint density at radius 2 is 2.08 bits per heavy atom. The zero-order chi connectivity index (χ0) is 18.9. The molecule has 3 rings (SSSR count). The number of amides is 1. The molecule has 8 heteroatoms. The number of carbonyl (C=O) groups excluding carboxylic acids is 1.